The largest absolute Gasteiger partial charge is 0.122 e. The van der Waals surface area contributed by atoms with Crippen LogP contribution in [0.3, 0.4) is 0 Å². The van der Waals surface area contributed by atoms with Crippen LogP contribution in [0.1, 0.15) is 11.1 Å². The van der Waals surface area contributed by atoms with Crippen molar-refractivity contribution < 1.29 is 0 Å². The third-order valence-corrected chi connectivity index (χ3v) is 3.66. The summed E-state index contributed by atoms with van der Waals surface area (Å²) in [6.07, 6.45) is 0. The molecule has 1 aromatic carbocycles. The molecule has 0 amide bonds. The molecule has 0 saturated heterocycles. The van der Waals surface area contributed by atoms with Crippen LogP contribution in [0, 0.1) is 10.5 Å². The van der Waals surface area contributed by atoms with Crippen LogP contribution < -0.4 is 0 Å². The summed E-state index contributed by atoms with van der Waals surface area (Å²) in [4.78, 5) is 0. The summed E-state index contributed by atoms with van der Waals surface area (Å²) in [6.45, 7) is 2.09. The topological polar surface area (TPSA) is 0 Å². The molecular weight excluding hydrogens is 338 g/mol. The number of benzene rings is 1. The highest BCUT2D eigenvalue weighted by Gasteiger charge is 2.01. The van der Waals surface area contributed by atoms with Gasteiger partial charge in [-0.05, 0) is 46.7 Å². The van der Waals surface area contributed by atoms with Gasteiger partial charge in [0.2, 0.25) is 0 Å². The number of alkyl halides is 1. The minimum atomic E-state index is 0.568. The molecule has 0 radical (unpaired) electrons. The SMILES string of the molecule is Cc1cc(CCl)c(Br)cc1I. The predicted octanol–water partition coefficient (Wildman–Crippen LogP) is 4.10. The lowest BCUT2D eigenvalue weighted by atomic mass is 10.2. The van der Waals surface area contributed by atoms with Crippen LogP contribution in [0.15, 0.2) is 16.6 Å². The minimum absolute atomic E-state index is 0.568. The molecule has 0 aromatic heterocycles. The van der Waals surface area contributed by atoms with Gasteiger partial charge in [0.05, 0.1) is 0 Å². The second-order valence-electron chi connectivity index (χ2n) is 2.33. The first-order valence-corrected chi connectivity index (χ1v) is 5.56. The molecule has 11 heavy (non-hydrogen) atoms. The van der Waals surface area contributed by atoms with Crippen molar-refractivity contribution in [3.63, 3.8) is 0 Å². The van der Waals surface area contributed by atoms with E-state index in [0.717, 1.165) is 10.0 Å². The molecule has 0 spiro atoms. The molecule has 0 nitrogen and oxygen atoms in total. The van der Waals surface area contributed by atoms with Crippen molar-refractivity contribution in [2.24, 2.45) is 0 Å². The molecule has 1 rings (SSSR count). The van der Waals surface area contributed by atoms with E-state index in [1.165, 1.54) is 9.13 Å². The zero-order valence-electron chi connectivity index (χ0n) is 6.00. The van der Waals surface area contributed by atoms with Crippen molar-refractivity contribution in [2.75, 3.05) is 0 Å². The summed E-state index contributed by atoms with van der Waals surface area (Å²) in [6, 6.07) is 4.20. The number of rotatable bonds is 1. The number of halogens is 3. The summed E-state index contributed by atoms with van der Waals surface area (Å²) in [5.74, 6) is 0.568. The predicted molar refractivity (Wildman–Crippen MR) is 61.2 cm³/mol. The van der Waals surface area contributed by atoms with E-state index in [0.29, 0.717) is 5.88 Å². The minimum Gasteiger partial charge on any atom is -0.122 e. The normalized spacial score (nSPS) is 10.2. The maximum atomic E-state index is 5.72. The van der Waals surface area contributed by atoms with Crippen LogP contribution in [0.25, 0.3) is 0 Å². The Morgan fingerprint density at radius 2 is 2.18 bits per heavy atom. The number of hydrogen-bond donors (Lipinski definition) is 0. The Kier molecular flexibility index (Phi) is 3.65. The van der Waals surface area contributed by atoms with Crippen LogP contribution in [0.4, 0.5) is 0 Å². The summed E-state index contributed by atoms with van der Waals surface area (Å²) >= 11 is 11.5. The van der Waals surface area contributed by atoms with Gasteiger partial charge in [-0.3, -0.25) is 0 Å². The second-order valence-corrected chi connectivity index (χ2v) is 4.61. The van der Waals surface area contributed by atoms with Crippen molar-refractivity contribution in [3.05, 3.63) is 31.3 Å². The van der Waals surface area contributed by atoms with Gasteiger partial charge in [-0.15, -0.1) is 11.6 Å². The molecule has 1 aromatic rings. The van der Waals surface area contributed by atoms with Gasteiger partial charge in [-0.25, -0.2) is 0 Å². The standard InChI is InChI=1S/C8H7BrClI/c1-5-2-6(4-10)7(9)3-8(5)11/h2-3H,4H2,1H3. The van der Waals surface area contributed by atoms with Gasteiger partial charge in [0, 0.05) is 13.9 Å². The summed E-state index contributed by atoms with van der Waals surface area (Å²) in [5, 5.41) is 0. The Labute approximate surface area is 93.6 Å². The van der Waals surface area contributed by atoms with Crippen LogP contribution >= 0.6 is 50.1 Å². The van der Waals surface area contributed by atoms with E-state index in [4.69, 9.17) is 11.6 Å². The van der Waals surface area contributed by atoms with Crippen molar-refractivity contribution in [2.45, 2.75) is 12.8 Å². The molecular formula is C8H7BrClI. The average Bonchev–Trinajstić information content (AvgIpc) is 1.97. The molecule has 3 heteroatoms. The molecule has 0 aliphatic rings. The first-order valence-electron chi connectivity index (χ1n) is 3.15. The Morgan fingerprint density at radius 3 is 2.73 bits per heavy atom. The molecule has 0 unspecified atom stereocenters. The van der Waals surface area contributed by atoms with Crippen molar-refractivity contribution in [1.29, 1.82) is 0 Å². The zero-order chi connectivity index (χ0) is 8.43. The Morgan fingerprint density at radius 1 is 1.55 bits per heavy atom. The first kappa shape index (κ1) is 9.81. The van der Waals surface area contributed by atoms with Crippen molar-refractivity contribution >= 4 is 50.1 Å². The second kappa shape index (κ2) is 4.10. The van der Waals surface area contributed by atoms with Crippen LogP contribution in [-0.4, -0.2) is 0 Å². The van der Waals surface area contributed by atoms with Crippen LogP contribution in [-0.2, 0) is 5.88 Å². The Hall–Kier alpha value is 0.720. The highest BCUT2D eigenvalue weighted by Crippen LogP contribution is 2.24. The number of hydrogen-bond acceptors (Lipinski definition) is 0. The van der Waals surface area contributed by atoms with Gasteiger partial charge in [0.25, 0.3) is 0 Å². The van der Waals surface area contributed by atoms with Crippen molar-refractivity contribution in [1.82, 2.24) is 0 Å². The maximum absolute atomic E-state index is 5.72. The van der Waals surface area contributed by atoms with E-state index in [1.807, 2.05) is 0 Å². The van der Waals surface area contributed by atoms with Gasteiger partial charge in [-0.2, -0.15) is 0 Å². The van der Waals surface area contributed by atoms with Gasteiger partial charge in [0.15, 0.2) is 0 Å². The van der Waals surface area contributed by atoms with E-state index in [2.05, 4.69) is 57.6 Å². The Bertz CT molecular complexity index is 273. The van der Waals surface area contributed by atoms with E-state index in [9.17, 15) is 0 Å². The van der Waals surface area contributed by atoms with Gasteiger partial charge >= 0.3 is 0 Å². The van der Waals surface area contributed by atoms with E-state index in [-0.39, 0.29) is 0 Å². The highest BCUT2D eigenvalue weighted by atomic mass is 127. The summed E-state index contributed by atoms with van der Waals surface area (Å²) < 4.78 is 2.37. The average molecular weight is 345 g/mol. The quantitative estimate of drug-likeness (QED) is 0.531. The molecule has 0 bridgehead atoms. The van der Waals surface area contributed by atoms with Gasteiger partial charge in [-0.1, -0.05) is 22.0 Å². The number of aryl methyl sites for hydroxylation is 1. The van der Waals surface area contributed by atoms with Crippen LogP contribution in [0.2, 0.25) is 0 Å². The summed E-state index contributed by atoms with van der Waals surface area (Å²) in [5.41, 5.74) is 2.44. The summed E-state index contributed by atoms with van der Waals surface area (Å²) in [7, 11) is 0. The fraction of sp³-hybridized carbons (Fsp3) is 0.250. The zero-order valence-corrected chi connectivity index (χ0v) is 10.5. The third-order valence-electron chi connectivity index (χ3n) is 1.47. The molecule has 0 saturated carbocycles. The lowest BCUT2D eigenvalue weighted by Crippen LogP contribution is -1.86. The van der Waals surface area contributed by atoms with E-state index >= 15 is 0 Å². The van der Waals surface area contributed by atoms with Crippen molar-refractivity contribution in [3.8, 4) is 0 Å². The molecule has 0 heterocycles. The van der Waals surface area contributed by atoms with Gasteiger partial charge < -0.3 is 0 Å². The van der Waals surface area contributed by atoms with E-state index < -0.39 is 0 Å². The highest BCUT2D eigenvalue weighted by molar-refractivity contribution is 14.1. The molecule has 0 atom stereocenters. The molecule has 0 aliphatic carbocycles. The lowest BCUT2D eigenvalue weighted by Gasteiger charge is -2.03. The monoisotopic (exact) mass is 344 g/mol. The lowest BCUT2D eigenvalue weighted by molar-refractivity contribution is 1.30. The third kappa shape index (κ3) is 2.33. The van der Waals surface area contributed by atoms with E-state index in [1.54, 1.807) is 0 Å². The molecule has 0 N–H and O–H groups in total. The maximum Gasteiger partial charge on any atom is 0.0485 e. The van der Waals surface area contributed by atoms with Gasteiger partial charge in [0.1, 0.15) is 0 Å². The molecule has 0 aliphatic heterocycles. The smallest absolute Gasteiger partial charge is 0.0485 e. The first-order chi connectivity index (χ1) is 5.15. The van der Waals surface area contributed by atoms with Crippen LogP contribution in [0.5, 0.6) is 0 Å². The fourth-order valence-corrected chi connectivity index (χ4v) is 2.58. The molecule has 60 valence electrons. The molecule has 0 fully saturated rings. The fourth-order valence-electron chi connectivity index (χ4n) is 0.819. The Balaban J connectivity index is 3.21.